The summed E-state index contributed by atoms with van der Waals surface area (Å²) < 4.78 is 7.24. The summed E-state index contributed by atoms with van der Waals surface area (Å²) in [5.74, 6) is -0.304. The molecule has 1 aromatic heterocycles. The van der Waals surface area contributed by atoms with Crippen LogP contribution in [0.3, 0.4) is 0 Å². The first-order valence-electron chi connectivity index (χ1n) is 11.1. The number of aromatic nitrogens is 1. The number of pyridine rings is 1. The summed E-state index contributed by atoms with van der Waals surface area (Å²) >= 11 is 0. The minimum Gasteiger partial charge on any atom is -0.463 e. The molecule has 0 aliphatic rings. The second kappa shape index (κ2) is 17.8. The highest BCUT2D eigenvalue weighted by molar-refractivity contribution is 5.81. The largest absolute Gasteiger partial charge is 0.463 e. The first-order valence-corrected chi connectivity index (χ1v) is 11.1. The fourth-order valence-electron chi connectivity index (χ4n) is 3.33. The third kappa shape index (κ3) is 15.1. The summed E-state index contributed by atoms with van der Waals surface area (Å²) in [7, 11) is 0. The standard InChI is InChI=1S/C24H40NO2/c1-2-24(26)27-23-19-14-12-10-8-6-4-3-5-7-9-11-13-16-20-25-21-17-15-18-22-25/h2,15,17-18,21-22H,1,3-14,16,19-20,23H2/q+1. The molecule has 0 N–H and O–H groups in total. The van der Waals surface area contributed by atoms with E-state index in [9.17, 15) is 4.79 Å². The lowest BCUT2D eigenvalue weighted by Gasteiger charge is -2.04. The van der Waals surface area contributed by atoms with Crippen LogP contribution in [-0.2, 0) is 16.1 Å². The zero-order chi connectivity index (χ0) is 19.4. The monoisotopic (exact) mass is 374 g/mol. The average Bonchev–Trinajstić information content (AvgIpc) is 2.70. The molecule has 1 aromatic rings. The molecule has 27 heavy (non-hydrogen) atoms. The first kappa shape index (κ1) is 23.4. The summed E-state index contributed by atoms with van der Waals surface area (Å²) in [4.78, 5) is 10.9. The van der Waals surface area contributed by atoms with Crippen molar-refractivity contribution in [1.82, 2.24) is 0 Å². The van der Waals surface area contributed by atoms with Crippen LogP contribution in [0.4, 0.5) is 0 Å². The molecule has 0 saturated heterocycles. The summed E-state index contributed by atoms with van der Waals surface area (Å²) in [5.41, 5.74) is 0. The van der Waals surface area contributed by atoms with Crippen molar-refractivity contribution in [2.45, 2.75) is 96.4 Å². The molecule has 0 bridgehead atoms. The number of carbonyl (C=O) groups excluding carboxylic acids is 1. The number of nitrogens with zero attached hydrogens (tertiary/aromatic N) is 1. The molecular weight excluding hydrogens is 334 g/mol. The molecular formula is C24H40NO2+. The molecule has 0 aromatic carbocycles. The highest BCUT2D eigenvalue weighted by Crippen LogP contribution is 2.13. The Hall–Kier alpha value is -1.64. The summed E-state index contributed by atoms with van der Waals surface area (Å²) in [6.07, 6.45) is 24.0. The van der Waals surface area contributed by atoms with Gasteiger partial charge in [-0.1, -0.05) is 83.3 Å². The Morgan fingerprint density at radius 2 is 1.15 bits per heavy atom. The van der Waals surface area contributed by atoms with E-state index in [4.69, 9.17) is 4.74 Å². The number of rotatable bonds is 18. The molecule has 0 aliphatic carbocycles. The molecule has 0 spiro atoms. The summed E-state index contributed by atoms with van der Waals surface area (Å²) in [6, 6.07) is 6.27. The van der Waals surface area contributed by atoms with Crippen molar-refractivity contribution < 1.29 is 14.1 Å². The van der Waals surface area contributed by atoms with Crippen LogP contribution < -0.4 is 4.57 Å². The van der Waals surface area contributed by atoms with Gasteiger partial charge >= 0.3 is 5.97 Å². The topological polar surface area (TPSA) is 30.2 Å². The Bertz CT molecular complexity index is 473. The third-order valence-corrected chi connectivity index (χ3v) is 5.00. The zero-order valence-electron chi connectivity index (χ0n) is 17.2. The van der Waals surface area contributed by atoms with Crippen molar-refractivity contribution in [2.75, 3.05) is 6.61 Å². The van der Waals surface area contributed by atoms with E-state index in [1.165, 1.54) is 83.1 Å². The van der Waals surface area contributed by atoms with Crippen LogP contribution in [0.1, 0.15) is 89.9 Å². The SMILES string of the molecule is C=CC(=O)OCCCCCCCCCCCCCCCC[n+]1ccccc1. The van der Waals surface area contributed by atoms with Crippen LogP contribution in [0.15, 0.2) is 43.2 Å². The minimum atomic E-state index is -0.304. The van der Waals surface area contributed by atoms with Gasteiger partial charge in [0.05, 0.1) is 6.61 Å². The predicted octanol–water partition coefficient (Wildman–Crippen LogP) is 6.16. The molecule has 1 heterocycles. The van der Waals surface area contributed by atoms with E-state index in [-0.39, 0.29) is 5.97 Å². The van der Waals surface area contributed by atoms with E-state index in [2.05, 4.69) is 41.7 Å². The Kier molecular flexibility index (Phi) is 15.4. The van der Waals surface area contributed by atoms with Gasteiger partial charge in [0.2, 0.25) is 0 Å². The molecule has 0 radical (unpaired) electrons. The van der Waals surface area contributed by atoms with Crippen LogP contribution in [-0.4, -0.2) is 12.6 Å². The molecule has 0 saturated carbocycles. The van der Waals surface area contributed by atoms with Gasteiger partial charge in [0.25, 0.3) is 0 Å². The van der Waals surface area contributed by atoms with E-state index in [0.717, 1.165) is 19.4 Å². The van der Waals surface area contributed by atoms with Gasteiger partial charge in [-0.15, -0.1) is 0 Å². The zero-order valence-corrected chi connectivity index (χ0v) is 17.2. The summed E-state index contributed by atoms with van der Waals surface area (Å²) in [5, 5.41) is 0. The maximum atomic E-state index is 10.9. The molecule has 0 amide bonds. The van der Waals surface area contributed by atoms with E-state index in [1.54, 1.807) is 0 Å². The highest BCUT2D eigenvalue weighted by Gasteiger charge is 1.98. The lowest BCUT2D eigenvalue weighted by Crippen LogP contribution is -2.32. The van der Waals surface area contributed by atoms with Gasteiger partial charge in [-0.2, -0.15) is 0 Å². The maximum absolute atomic E-state index is 10.9. The molecule has 0 atom stereocenters. The van der Waals surface area contributed by atoms with E-state index < -0.39 is 0 Å². The first-order chi connectivity index (χ1) is 13.3. The fourth-order valence-corrected chi connectivity index (χ4v) is 3.33. The number of unbranched alkanes of at least 4 members (excludes halogenated alkanes) is 13. The number of aryl methyl sites for hydroxylation is 1. The quantitative estimate of drug-likeness (QED) is 0.133. The van der Waals surface area contributed by atoms with Crippen molar-refractivity contribution in [1.29, 1.82) is 0 Å². The number of ether oxygens (including phenoxy) is 1. The molecule has 0 aliphatic heterocycles. The molecule has 0 fully saturated rings. The lowest BCUT2D eigenvalue weighted by molar-refractivity contribution is -0.697. The van der Waals surface area contributed by atoms with Crippen LogP contribution in [0, 0.1) is 0 Å². The lowest BCUT2D eigenvalue weighted by atomic mass is 10.0. The van der Waals surface area contributed by atoms with Gasteiger partial charge in [-0.3, -0.25) is 0 Å². The number of esters is 1. The van der Waals surface area contributed by atoms with E-state index >= 15 is 0 Å². The smallest absolute Gasteiger partial charge is 0.330 e. The number of hydrogen-bond acceptors (Lipinski definition) is 2. The van der Waals surface area contributed by atoms with Gasteiger partial charge < -0.3 is 4.74 Å². The van der Waals surface area contributed by atoms with Gasteiger partial charge in [-0.25, -0.2) is 9.36 Å². The van der Waals surface area contributed by atoms with Crippen molar-refractivity contribution in [3.05, 3.63) is 43.2 Å². The average molecular weight is 375 g/mol. The Morgan fingerprint density at radius 1 is 0.704 bits per heavy atom. The second-order valence-corrected chi connectivity index (χ2v) is 7.43. The molecule has 3 heteroatoms. The Labute approximate surface area is 166 Å². The van der Waals surface area contributed by atoms with Crippen LogP contribution >= 0.6 is 0 Å². The van der Waals surface area contributed by atoms with Gasteiger partial charge in [0, 0.05) is 24.6 Å². The van der Waals surface area contributed by atoms with Crippen LogP contribution in [0.5, 0.6) is 0 Å². The highest BCUT2D eigenvalue weighted by atomic mass is 16.5. The van der Waals surface area contributed by atoms with E-state index in [0.29, 0.717) is 6.61 Å². The van der Waals surface area contributed by atoms with Crippen molar-refractivity contribution in [3.8, 4) is 0 Å². The second-order valence-electron chi connectivity index (χ2n) is 7.43. The third-order valence-electron chi connectivity index (χ3n) is 5.00. The molecule has 152 valence electrons. The van der Waals surface area contributed by atoms with Crippen LogP contribution in [0.2, 0.25) is 0 Å². The summed E-state index contributed by atoms with van der Waals surface area (Å²) in [6.45, 7) is 5.08. The molecule has 3 nitrogen and oxygen atoms in total. The predicted molar refractivity (Wildman–Crippen MR) is 112 cm³/mol. The van der Waals surface area contributed by atoms with Gasteiger partial charge in [0.1, 0.15) is 6.54 Å². The Balaban J connectivity index is 1.71. The number of hydrogen-bond donors (Lipinski definition) is 0. The fraction of sp³-hybridized carbons (Fsp3) is 0.667. The van der Waals surface area contributed by atoms with Gasteiger partial charge in [-0.05, 0) is 12.8 Å². The van der Waals surface area contributed by atoms with E-state index in [1.807, 2.05) is 0 Å². The maximum Gasteiger partial charge on any atom is 0.330 e. The molecule has 1 rings (SSSR count). The normalized spacial score (nSPS) is 10.7. The van der Waals surface area contributed by atoms with Crippen molar-refractivity contribution in [3.63, 3.8) is 0 Å². The minimum absolute atomic E-state index is 0.304. The van der Waals surface area contributed by atoms with Crippen molar-refractivity contribution in [2.24, 2.45) is 0 Å². The van der Waals surface area contributed by atoms with Gasteiger partial charge in [0.15, 0.2) is 12.4 Å². The number of carbonyl (C=O) groups is 1. The van der Waals surface area contributed by atoms with Crippen molar-refractivity contribution >= 4 is 5.97 Å². The van der Waals surface area contributed by atoms with Crippen LogP contribution in [0.25, 0.3) is 0 Å². The Morgan fingerprint density at radius 3 is 1.63 bits per heavy atom. The molecule has 0 unspecified atom stereocenters.